The highest BCUT2D eigenvalue weighted by Gasteiger charge is 2.44. The molecule has 0 aromatic rings. The van der Waals surface area contributed by atoms with Crippen LogP contribution in [0.4, 0.5) is 0 Å². The molecule has 524 valence electrons. The van der Waals surface area contributed by atoms with E-state index in [2.05, 4.69) is 19.2 Å². The van der Waals surface area contributed by atoms with E-state index in [1.165, 1.54) is 372 Å². The zero-order chi connectivity index (χ0) is 63.5. The van der Waals surface area contributed by atoms with Crippen molar-refractivity contribution in [3.05, 3.63) is 12.2 Å². The molecule has 7 unspecified atom stereocenters. The Morgan fingerprint density at radius 2 is 0.625 bits per heavy atom. The van der Waals surface area contributed by atoms with E-state index in [1.54, 1.807) is 6.08 Å². The largest absolute Gasteiger partial charge is 0.394 e. The molecule has 0 aromatic heterocycles. The van der Waals surface area contributed by atoms with Gasteiger partial charge in [0.2, 0.25) is 5.91 Å². The van der Waals surface area contributed by atoms with Crippen LogP contribution >= 0.6 is 0 Å². The first-order valence-corrected chi connectivity index (χ1v) is 39.9. The van der Waals surface area contributed by atoms with Gasteiger partial charge in [-0.1, -0.05) is 418 Å². The minimum Gasteiger partial charge on any atom is -0.394 e. The number of hydrogen-bond donors (Lipinski definition) is 6. The van der Waals surface area contributed by atoms with Crippen LogP contribution in [0.5, 0.6) is 0 Å². The Balaban J connectivity index is 2.06. The molecule has 1 rings (SSSR count). The Bertz CT molecular complexity index is 1400. The van der Waals surface area contributed by atoms with Crippen LogP contribution in [0.25, 0.3) is 0 Å². The highest BCUT2D eigenvalue weighted by molar-refractivity contribution is 5.76. The summed E-state index contributed by atoms with van der Waals surface area (Å²) in [5, 5.41) is 54.9. The molecular weight excluding hydrogens is 1090 g/mol. The van der Waals surface area contributed by atoms with Gasteiger partial charge in [0.15, 0.2) is 6.29 Å². The lowest BCUT2D eigenvalue weighted by Gasteiger charge is -2.40. The zero-order valence-electron chi connectivity index (χ0n) is 59.0. The normalized spacial score (nSPS) is 17.8. The fourth-order valence-electron chi connectivity index (χ4n) is 13.4. The van der Waals surface area contributed by atoms with Gasteiger partial charge in [0.25, 0.3) is 0 Å². The second-order valence-corrected chi connectivity index (χ2v) is 28.2. The number of amides is 1. The molecule has 1 heterocycles. The average Bonchev–Trinajstić information content (AvgIpc) is 3.31. The Morgan fingerprint density at radius 3 is 0.886 bits per heavy atom. The summed E-state index contributed by atoms with van der Waals surface area (Å²) in [7, 11) is 0. The first-order valence-electron chi connectivity index (χ1n) is 39.9. The molecule has 9 nitrogen and oxygen atoms in total. The minimum atomic E-state index is -1.57. The summed E-state index contributed by atoms with van der Waals surface area (Å²) in [5.74, 6) is -0.165. The second-order valence-electron chi connectivity index (χ2n) is 28.2. The molecule has 1 amide bonds. The third kappa shape index (κ3) is 56.5. The van der Waals surface area contributed by atoms with E-state index in [0.717, 1.165) is 38.5 Å². The average molecular weight is 1250 g/mol. The third-order valence-corrected chi connectivity index (χ3v) is 19.6. The van der Waals surface area contributed by atoms with Gasteiger partial charge in [-0.3, -0.25) is 4.79 Å². The minimum absolute atomic E-state index is 0.165. The Morgan fingerprint density at radius 1 is 0.375 bits per heavy atom. The zero-order valence-corrected chi connectivity index (χ0v) is 59.0. The predicted molar refractivity (Wildman–Crippen MR) is 378 cm³/mol. The summed E-state index contributed by atoms with van der Waals surface area (Å²) < 4.78 is 11.4. The number of allylic oxidation sites excluding steroid dienone is 1. The number of carbonyl (C=O) groups excluding carboxylic acids is 1. The molecule has 6 N–H and O–H groups in total. The van der Waals surface area contributed by atoms with Crippen LogP contribution in [0.2, 0.25) is 0 Å². The van der Waals surface area contributed by atoms with Crippen LogP contribution in [0.3, 0.4) is 0 Å². The predicted octanol–water partition coefficient (Wildman–Crippen LogP) is 22.6. The first kappa shape index (κ1) is 84.9. The number of carbonyl (C=O) groups is 1. The number of ether oxygens (including phenoxy) is 2. The topological polar surface area (TPSA) is 149 Å². The quantitative estimate of drug-likeness (QED) is 0.0261. The van der Waals surface area contributed by atoms with Crippen LogP contribution < -0.4 is 5.32 Å². The Hall–Kier alpha value is -1.07. The fraction of sp³-hybridized carbons (Fsp3) is 0.962. The lowest BCUT2D eigenvalue weighted by molar-refractivity contribution is -0.302. The second kappa shape index (κ2) is 68.8. The molecule has 9 heteroatoms. The van der Waals surface area contributed by atoms with Crippen LogP contribution in [-0.2, 0) is 14.3 Å². The number of nitrogens with one attached hydrogen (secondary N) is 1. The SMILES string of the molecule is CCCCCCCCCCCCCCCCCCCCCCCCCCCCCCC/C=C/C(O)C(COC1OC(CO)C(O)C(O)C1O)NC(=O)CCCCCCCCCCCCCCCCCCCCCCCCCCCCCCCCCCCC. The lowest BCUT2D eigenvalue weighted by Crippen LogP contribution is -2.60. The van der Waals surface area contributed by atoms with Gasteiger partial charge in [0.1, 0.15) is 24.4 Å². The molecule has 0 bridgehead atoms. The molecule has 0 aromatic carbocycles. The van der Waals surface area contributed by atoms with E-state index in [9.17, 15) is 30.3 Å². The van der Waals surface area contributed by atoms with E-state index in [-0.39, 0.29) is 12.5 Å². The summed E-state index contributed by atoms with van der Waals surface area (Å²) in [6, 6.07) is -0.803. The molecule has 1 saturated heterocycles. The molecule has 7 atom stereocenters. The highest BCUT2D eigenvalue weighted by Crippen LogP contribution is 2.24. The van der Waals surface area contributed by atoms with Gasteiger partial charge < -0.3 is 40.3 Å². The van der Waals surface area contributed by atoms with E-state index in [0.29, 0.717) is 6.42 Å². The molecule has 1 aliphatic rings. The van der Waals surface area contributed by atoms with E-state index >= 15 is 0 Å². The van der Waals surface area contributed by atoms with Gasteiger partial charge in [-0.2, -0.15) is 0 Å². The van der Waals surface area contributed by atoms with Gasteiger partial charge in [-0.15, -0.1) is 0 Å². The number of aliphatic hydroxyl groups is 5. The third-order valence-electron chi connectivity index (χ3n) is 19.6. The smallest absolute Gasteiger partial charge is 0.220 e. The van der Waals surface area contributed by atoms with Crippen molar-refractivity contribution in [3.8, 4) is 0 Å². The molecule has 0 saturated carbocycles. The standard InChI is InChI=1S/C79H155NO8/c1-3-5-7-9-11-13-15-17-19-21-23-25-27-29-31-33-35-36-37-39-41-43-45-47-49-51-53-55-57-59-61-63-65-67-69-75(83)80-72(71-87-79-78(86)77(85)76(84)74(70-81)88-79)73(82)68-66-64-62-60-58-56-54-52-50-48-46-44-42-40-38-34-32-30-28-26-24-22-20-18-16-14-12-10-8-6-4-2/h66,68,72-74,76-79,81-82,84-86H,3-65,67,69-71H2,1-2H3,(H,80,83)/b68-66+. The van der Waals surface area contributed by atoms with Gasteiger partial charge in [-0.25, -0.2) is 0 Å². The summed E-state index contributed by atoms with van der Waals surface area (Å²) in [6.07, 6.45) is 83.7. The van der Waals surface area contributed by atoms with Crippen LogP contribution in [0, 0.1) is 0 Å². The summed E-state index contributed by atoms with van der Waals surface area (Å²) in [5.41, 5.74) is 0. The molecule has 88 heavy (non-hydrogen) atoms. The van der Waals surface area contributed by atoms with Crippen LogP contribution in [0.1, 0.15) is 431 Å². The van der Waals surface area contributed by atoms with E-state index < -0.39 is 49.5 Å². The van der Waals surface area contributed by atoms with Crippen molar-refractivity contribution in [2.75, 3.05) is 13.2 Å². The molecule has 1 fully saturated rings. The molecule has 0 radical (unpaired) electrons. The Kier molecular flexibility index (Phi) is 66.4. The number of hydrogen-bond acceptors (Lipinski definition) is 8. The van der Waals surface area contributed by atoms with E-state index in [4.69, 9.17) is 9.47 Å². The fourth-order valence-corrected chi connectivity index (χ4v) is 13.4. The molecule has 1 aliphatic heterocycles. The van der Waals surface area contributed by atoms with Crippen molar-refractivity contribution in [2.45, 2.75) is 474 Å². The summed E-state index contributed by atoms with van der Waals surface area (Å²) >= 11 is 0. The first-order chi connectivity index (χ1) is 43.3. The van der Waals surface area contributed by atoms with Crippen LogP contribution in [0.15, 0.2) is 12.2 Å². The maximum Gasteiger partial charge on any atom is 0.220 e. The molecule has 0 spiro atoms. The summed E-state index contributed by atoms with van der Waals surface area (Å²) in [6.45, 7) is 3.86. The number of unbranched alkanes of at least 4 members (excludes halogenated alkanes) is 62. The lowest BCUT2D eigenvalue weighted by atomic mass is 9.99. The van der Waals surface area contributed by atoms with Crippen molar-refractivity contribution < 1.29 is 39.8 Å². The van der Waals surface area contributed by atoms with Gasteiger partial charge >= 0.3 is 0 Å². The van der Waals surface area contributed by atoms with Crippen molar-refractivity contribution in [2.24, 2.45) is 0 Å². The molecule has 0 aliphatic carbocycles. The van der Waals surface area contributed by atoms with Crippen molar-refractivity contribution in [3.63, 3.8) is 0 Å². The highest BCUT2D eigenvalue weighted by atomic mass is 16.7. The van der Waals surface area contributed by atoms with Gasteiger partial charge in [-0.05, 0) is 19.3 Å². The number of aliphatic hydroxyl groups excluding tert-OH is 5. The van der Waals surface area contributed by atoms with Gasteiger partial charge in [0, 0.05) is 6.42 Å². The van der Waals surface area contributed by atoms with Crippen molar-refractivity contribution in [1.29, 1.82) is 0 Å². The maximum absolute atomic E-state index is 13.2. The number of rotatable bonds is 72. The van der Waals surface area contributed by atoms with Crippen molar-refractivity contribution in [1.82, 2.24) is 5.32 Å². The van der Waals surface area contributed by atoms with E-state index in [1.807, 2.05) is 6.08 Å². The van der Waals surface area contributed by atoms with Crippen LogP contribution in [-0.4, -0.2) is 87.5 Å². The monoisotopic (exact) mass is 1250 g/mol. The molecular formula is C79H155NO8. The summed E-state index contributed by atoms with van der Waals surface area (Å²) in [4.78, 5) is 13.2. The maximum atomic E-state index is 13.2. The Labute approximate surface area is 547 Å². The van der Waals surface area contributed by atoms with Gasteiger partial charge in [0.05, 0.1) is 25.4 Å². The van der Waals surface area contributed by atoms with Crippen molar-refractivity contribution >= 4 is 5.91 Å².